The van der Waals surface area contributed by atoms with Crippen LogP contribution in [0.5, 0.6) is 0 Å². The van der Waals surface area contributed by atoms with Gasteiger partial charge in [0.25, 0.3) is 0 Å². The first-order valence-electron chi connectivity index (χ1n) is 16.3. The Bertz CT molecular complexity index is 2450. The topological polar surface area (TPSA) is 35.9 Å². The maximum Gasteiger partial charge on any atom is 0.108 e. The van der Waals surface area contributed by atoms with E-state index in [1.165, 1.54) is 53.0 Å². The van der Waals surface area contributed by atoms with Crippen LogP contribution in [0.2, 0.25) is 0 Å². The van der Waals surface area contributed by atoms with E-state index in [-0.39, 0.29) is 0 Å². The molecule has 5 aromatic carbocycles. The molecule has 3 heterocycles. The van der Waals surface area contributed by atoms with Gasteiger partial charge in [-0.3, -0.25) is 4.57 Å². The summed E-state index contributed by atoms with van der Waals surface area (Å²) in [4.78, 5) is 0. The van der Waals surface area contributed by atoms with Crippen molar-refractivity contribution in [2.45, 2.75) is 27.7 Å². The maximum atomic E-state index is 7.00. The fraction of sp³-hybridized carbons (Fsp3) is 0.0909. The van der Waals surface area contributed by atoms with Gasteiger partial charge >= 0.3 is 0 Å². The van der Waals surface area contributed by atoms with Crippen molar-refractivity contribution < 1.29 is 0 Å². The Morgan fingerprint density at radius 3 is 2.04 bits per heavy atom. The van der Waals surface area contributed by atoms with Crippen molar-refractivity contribution in [1.82, 2.24) is 9.13 Å². The minimum Gasteiger partial charge on any atom is -0.385 e. The zero-order valence-corrected chi connectivity index (χ0v) is 28.8. The van der Waals surface area contributed by atoms with Gasteiger partial charge in [-0.2, -0.15) is 0 Å². The fourth-order valence-electron chi connectivity index (χ4n) is 6.07. The van der Waals surface area contributed by atoms with Crippen LogP contribution in [-0.4, -0.2) is 9.13 Å². The lowest BCUT2D eigenvalue weighted by molar-refractivity contribution is 1.13. The number of rotatable bonds is 4. The summed E-state index contributed by atoms with van der Waals surface area (Å²) in [7, 11) is 0. The third-order valence-corrected chi connectivity index (χ3v) is 9.64. The largest absolute Gasteiger partial charge is 0.385 e. The van der Waals surface area contributed by atoms with Crippen molar-refractivity contribution in [2.24, 2.45) is 5.73 Å². The van der Waals surface area contributed by atoms with E-state index in [2.05, 4.69) is 144 Å². The molecule has 0 bridgehead atoms. The average molecular weight is 644 g/mol. The SMILES string of the molecule is C/C(=C\C=C(/N)n1c2cc3ccn(-c4ccccc4)c3cc2c2ccc3c4ccccc4sc3c21)c1ccccc1.C/C=C\C.C=CC. The molecule has 48 heavy (non-hydrogen) atoms. The smallest absolute Gasteiger partial charge is 0.108 e. The highest BCUT2D eigenvalue weighted by molar-refractivity contribution is 7.26. The Labute approximate surface area is 286 Å². The van der Waals surface area contributed by atoms with Crippen molar-refractivity contribution in [3.63, 3.8) is 0 Å². The van der Waals surface area contributed by atoms with Crippen molar-refractivity contribution >= 4 is 75.6 Å². The number of aromatic nitrogens is 2. The molecular formula is C44H41N3S. The molecule has 0 spiro atoms. The minimum atomic E-state index is 0.701. The average Bonchev–Trinajstić information content (AvgIpc) is 3.82. The molecule has 0 fully saturated rings. The van der Waals surface area contributed by atoms with Gasteiger partial charge in [0.15, 0.2) is 0 Å². The van der Waals surface area contributed by atoms with Crippen LogP contribution in [0.25, 0.3) is 70.0 Å². The molecule has 3 nitrogen and oxygen atoms in total. The zero-order chi connectivity index (χ0) is 33.6. The summed E-state index contributed by atoms with van der Waals surface area (Å²) < 4.78 is 7.07. The van der Waals surface area contributed by atoms with E-state index in [1.807, 2.05) is 56.4 Å². The normalized spacial score (nSPS) is 12.1. The number of hydrogen-bond acceptors (Lipinski definition) is 2. The van der Waals surface area contributed by atoms with Crippen LogP contribution in [0.15, 0.2) is 158 Å². The Hall–Kier alpha value is -5.58. The second kappa shape index (κ2) is 14.5. The molecule has 8 aromatic rings. The minimum absolute atomic E-state index is 0.701. The Kier molecular flexibility index (Phi) is 9.75. The van der Waals surface area contributed by atoms with Crippen LogP contribution in [0.4, 0.5) is 0 Å². The second-order valence-corrected chi connectivity index (χ2v) is 12.7. The van der Waals surface area contributed by atoms with Crippen LogP contribution in [0.1, 0.15) is 33.3 Å². The zero-order valence-electron chi connectivity index (χ0n) is 28.0. The van der Waals surface area contributed by atoms with Gasteiger partial charge in [0.1, 0.15) is 5.82 Å². The molecule has 0 atom stereocenters. The van der Waals surface area contributed by atoms with Gasteiger partial charge in [0.2, 0.25) is 0 Å². The first kappa shape index (κ1) is 32.4. The van der Waals surface area contributed by atoms with Gasteiger partial charge < -0.3 is 10.3 Å². The lowest BCUT2D eigenvalue weighted by Crippen LogP contribution is -2.05. The Morgan fingerprint density at radius 1 is 0.688 bits per heavy atom. The first-order valence-corrected chi connectivity index (χ1v) is 17.1. The second-order valence-electron chi connectivity index (χ2n) is 11.6. The summed E-state index contributed by atoms with van der Waals surface area (Å²) in [6.07, 6.45) is 12.1. The van der Waals surface area contributed by atoms with E-state index in [0.717, 1.165) is 16.7 Å². The molecule has 0 saturated heterocycles. The van der Waals surface area contributed by atoms with Crippen LogP contribution in [0, 0.1) is 0 Å². The molecule has 238 valence electrons. The summed E-state index contributed by atoms with van der Waals surface area (Å²) in [5.41, 5.74) is 14.0. The molecule has 0 unspecified atom stereocenters. The summed E-state index contributed by atoms with van der Waals surface area (Å²) in [6, 6.07) is 41.0. The standard InChI is InChI=1S/C37H27N3S.C4H8.C3H6/c1-24(25-10-4-2-5-11-25)16-19-35(38)40-33-22-26-20-21-39(27-12-6-3-7-13-27)32(26)23-31(33)29-17-18-30-28-14-8-9-15-34(28)41-37(30)36(29)40;1-3-4-2;1-3-2/h2-23H,38H2,1H3;3-4H,1-2H3;3H,1H2,2H3/b24-16+,35-19+;4-3-;. The number of fused-ring (bicyclic) bond motifs is 8. The van der Waals surface area contributed by atoms with Crippen LogP contribution < -0.4 is 5.73 Å². The van der Waals surface area contributed by atoms with Gasteiger partial charge in [-0.15, -0.1) is 17.9 Å². The molecule has 0 saturated carbocycles. The molecular weight excluding hydrogens is 603 g/mol. The van der Waals surface area contributed by atoms with E-state index in [1.54, 1.807) is 6.08 Å². The molecule has 3 aromatic heterocycles. The monoisotopic (exact) mass is 643 g/mol. The molecule has 8 rings (SSSR count). The third-order valence-electron chi connectivity index (χ3n) is 8.44. The molecule has 2 N–H and O–H groups in total. The Balaban J connectivity index is 0.000000528. The first-order chi connectivity index (χ1) is 23.5. The van der Waals surface area contributed by atoms with Gasteiger partial charge in [-0.05, 0) is 81.3 Å². The van der Waals surface area contributed by atoms with Crippen molar-refractivity contribution in [1.29, 1.82) is 0 Å². The van der Waals surface area contributed by atoms with Crippen molar-refractivity contribution in [3.05, 3.63) is 164 Å². The van der Waals surface area contributed by atoms with Gasteiger partial charge in [0.05, 0.1) is 21.3 Å². The number of hydrogen-bond donors (Lipinski definition) is 1. The molecule has 0 aliphatic rings. The van der Waals surface area contributed by atoms with Gasteiger partial charge in [-0.1, -0.05) is 103 Å². The third kappa shape index (κ3) is 6.11. The Morgan fingerprint density at radius 2 is 1.33 bits per heavy atom. The lowest BCUT2D eigenvalue weighted by atomic mass is 10.1. The number of nitrogens with two attached hydrogens (primary N) is 1. The summed E-state index contributed by atoms with van der Waals surface area (Å²) in [5.74, 6) is 0.701. The van der Waals surface area contributed by atoms with E-state index in [0.29, 0.717) is 5.82 Å². The van der Waals surface area contributed by atoms with Crippen LogP contribution in [0.3, 0.4) is 0 Å². The summed E-state index contributed by atoms with van der Waals surface area (Å²) in [6.45, 7) is 11.4. The molecule has 0 aliphatic carbocycles. The van der Waals surface area contributed by atoms with Crippen LogP contribution >= 0.6 is 11.3 Å². The number of benzene rings is 5. The number of thiophene rings is 1. The molecule has 0 amide bonds. The highest BCUT2D eigenvalue weighted by atomic mass is 32.1. The number of nitrogens with zero attached hydrogens (tertiary/aromatic N) is 2. The van der Waals surface area contributed by atoms with Crippen molar-refractivity contribution in [2.75, 3.05) is 0 Å². The molecule has 0 aliphatic heterocycles. The quantitative estimate of drug-likeness (QED) is 0.150. The maximum absolute atomic E-state index is 7.00. The predicted molar refractivity (Wildman–Crippen MR) is 214 cm³/mol. The highest BCUT2D eigenvalue weighted by Gasteiger charge is 2.19. The van der Waals surface area contributed by atoms with Gasteiger partial charge in [-0.25, -0.2) is 0 Å². The highest BCUT2D eigenvalue weighted by Crippen LogP contribution is 2.43. The number of para-hydroxylation sites is 1. The molecule has 0 radical (unpaired) electrons. The van der Waals surface area contributed by atoms with Crippen molar-refractivity contribution in [3.8, 4) is 5.69 Å². The van der Waals surface area contributed by atoms with Crippen LogP contribution in [-0.2, 0) is 0 Å². The van der Waals surface area contributed by atoms with E-state index < -0.39 is 0 Å². The molecule has 4 heteroatoms. The van der Waals surface area contributed by atoms with E-state index >= 15 is 0 Å². The summed E-state index contributed by atoms with van der Waals surface area (Å²) in [5, 5.41) is 6.14. The van der Waals surface area contributed by atoms with E-state index in [9.17, 15) is 0 Å². The van der Waals surface area contributed by atoms with E-state index in [4.69, 9.17) is 5.73 Å². The summed E-state index contributed by atoms with van der Waals surface area (Å²) >= 11 is 1.84. The predicted octanol–water partition coefficient (Wildman–Crippen LogP) is 12.7. The number of allylic oxidation sites excluding steroid dienone is 6. The van der Waals surface area contributed by atoms with Gasteiger partial charge in [0, 0.05) is 43.5 Å². The fourth-order valence-corrected chi connectivity index (χ4v) is 7.31. The lowest BCUT2D eigenvalue weighted by Gasteiger charge is -2.09.